The molecule has 36 heavy (non-hydrogen) atoms. The molecule has 0 amide bonds. The molecule has 0 fully saturated rings. The molecule has 0 aromatic heterocycles. The first-order valence-corrected chi connectivity index (χ1v) is 12.4. The Morgan fingerprint density at radius 1 is 0.583 bits per heavy atom. The highest BCUT2D eigenvalue weighted by Gasteiger charge is 2.07. The minimum Gasteiger partial charge on any atom is -0.507 e. The zero-order valence-electron chi connectivity index (χ0n) is 20.8. The van der Waals surface area contributed by atoms with Crippen LogP contribution in [0.3, 0.4) is 0 Å². The van der Waals surface area contributed by atoms with Crippen molar-refractivity contribution < 1.29 is 15.3 Å². The second kappa shape index (κ2) is 12.5. The molecule has 9 nitrogen and oxygen atoms in total. The van der Waals surface area contributed by atoms with E-state index >= 15 is 0 Å². The fourth-order valence-corrected chi connectivity index (χ4v) is 3.67. The molecule has 3 rings (SSSR count). The van der Waals surface area contributed by atoms with E-state index in [-0.39, 0.29) is 42.7 Å². The van der Waals surface area contributed by atoms with Gasteiger partial charge in [-0.25, -0.2) is 0 Å². The SMILES string of the molecule is Cc1cccc(C/N=N/C([SiH3])=C(/N=N/Cc2cccc(C)c2O)/N=N/Cc2cccc(C)c2O)c1O. The summed E-state index contributed by atoms with van der Waals surface area (Å²) in [6, 6.07) is 16.4. The number of azo groups is 3. The number of rotatable bonds is 9. The molecular formula is C26H30N6O3Si. The maximum absolute atomic E-state index is 10.2. The summed E-state index contributed by atoms with van der Waals surface area (Å²) in [6.07, 6.45) is 0. The quantitative estimate of drug-likeness (QED) is 0.264. The smallest absolute Gasteiger partial charge is 0.213 e. The molecule has 0 heterocycles. The number of phenols is 3. The Labute approximate surface area is 213 Å². The predicted molar refractivity (Wildman–Crippen MR) is 141 cm³/mol. The van der Waals surface area contributed by atoms with E-state index in [0.717, 1.165) is 16.7 Å². The molecule has 0 radical (unpaired) electrons. The lowest BCUT2D eigenvalue weighted by molar-refractivity contribution is 0.463. The van der Waals surface area contributed by atoms with Gasteiger partial charge in [0.25, 0.3) is 0 Å². The second-order valence-corrected chi connectivity index (χ2v) is 9.30. The number of nitrogens with zero attached hydrogens (tertiary/aromatic N) is 6. The lowest BCUT2D eigenvalue weighted by Crippen LogP contribution is -1.89. The number of benzene rings is 3. The lowest BCUT2D eigenvalue weighted by atomic mass is 10.1. The Hall–Kier alpha value is -4.18. The minimum atomic E-state index is 0.161. The Kier molecular flexibility index (Phi) is 9.17. The zero-order valence-corrected chi connectivity index (χ0v) is 22.8. The van der Waals surface area contributed by atoms with Crippen LogP contribution in [0.2, 0.25) is 0 Å². The number of phenolic OH excluding ortho intramolecular Hbond substituents is 3. The van der Waals surface area contributed by atoms with Gasteiger partial charge in [-0.15, -0.1) is 10.2 Å². The topological polar surface area (TPSA) is 135 Å². The third-order valence-electron chi connectivity index (χ3n) is 5.56. The fraction of sp³-hybridized carbons (Fsp3) is 0.231. The van der Waals surface area contributed by atoms with Crippen molar-refractivity contribution in [2.24, 2.45) is 30.7 Å². The van der Waals surface area contributed by atoms with Crippen molar-refractivity contribution in [1.29, 1.82) is 0 Å². The van der Waals surface area contributed by atoms with E-state index < -0.39 is 0 Å². The van der Waals surface area contributed by atoms with E-state index in [0.29, 0.717) is 32.3 Å². The molecule has 0 saturated carbocycles. The first-order chi connectivity index (χ1) is 17.3. The molecule has 0 spiro atoms. The van der Waals surface area contributed by atoms with Crippen LogP contribution in [-0.4, -0.2) is 25.6 Å². The van der Waals surface area contributed by atoms with Gasteiger partial charge in [-0.05, 0) is 37.5 Å². The van der Waals surface area contributed by atoms with E-state index in [9.17, 15) is 15.3 Å². The predicted octanol–water partition coefficient (Wildman–Crippen LogP) is 5.48. The van der Waals surface area contributed by atoms with Gasteiger partial charge in [0.2, 0.25) is 5.82 Å². The van der Waals surface area contributed by atoms with Gasteiger partial charge in [0, 0.05) is 16.7 Å². The molecule has 186 valence electrons. The van der Waals surface area contributed by atoms with Crippen LogP contribution in [0.25, 0.3) is 0 Å². The molecule has 0 atom stereocenters. The number of aromatic hydroxyl groups is 3. The van der Waals surface area contributed by atoms with E-state index in [1.807, 2.05) is 57.2 Å². The molecule has 0 aliphatic carbocycles. The Morgan fingerprint density at radius 2 is 0.917 bits per heavy atom. The van der Waals surface area contributed by atoms with Crippen LogP contribution in [0.15, 0.2) is 96.4 Å². The van der Waals surface area contributed by atoms with Crippen LogP contribution in [0.1, 0.15) is 33.4 Å². The lowest BCUT2D eigenvalue weighted by Gasteiger charge is -2.04. The maximum Gasteiger partial charge on any atom is 0.213 e. The first-order valence-electron chi connectivity index (χ1n) is 11.4. The Balaban J connectivity index is 1.83. The Bertz CT molecular complexity index is 1290. The van der Waals surface area contributed by atoms with Crippen LogP contribution in [0, 0.1) is 20.8 Å². The van der Waals surface area contributed by atoms with Crippen molar-refractivity contribution in [1.82, 2.24) is 0 Å². The fourth-order valence-electron chi connectivity index (χ4n) is 3.33. The highest BCUT2D eigenvalue weighted by atomic mass is 28.1. The minimum absolute atomic E-state index is 0.161. The Morgan fingerprint density at radius 3 is 1.28 bits per heavy atom. The molecule has 3 aromatic carbocycles. The third kappa shape index (κ3) is 6.92. The van der Waals surface area contributed by atoms with E-state index in [1.165, 1.54) is 0 Å². The summed E-state index contributed by atoms with van der Waals surface area (Å²) in [5.41, 5.74) is 4.24. The molecule has 3 N–H and O–H groups in total. The average Bonchev–Trinajstić information content (AvgIpc) is 2.85. The average molecular weight is 503 g/mol. The van der Waals surface area contributed by atoms with Gasteiger partial charge in [0.1, 0.15) is 17.2 Å². The highest BCUT2D eigenvalue weighted by molar-refractivity contribution is 6.21. The molecule has 0 saturated heterocycles. The summed E-state index contributed by atoms with van der Waals surface area (Å²) < 4.78 is 0. The molecule has 3 aromatic rings. The van der Waals surface area contributed by atoms with Gasteiger partial charge >= 0.3 is 0 Å². The maximum atomic E-state index is 10.2. The molecule has 0 aliphatic heterocycles. The monoisotopic (exact) mass is 502 g/mol. The second-order valence-electron chi connectivity index (χ2n) is 8.36. The standard InChI is InChI=1S/C26H30N6O3Si/c1-16-7-4-10-19(22(16)33)13-27-30-25(31-28-14-20-11-5-8-17(2)23(20)34)26(36)32-29-15-21-12-6-9-18(3)24(21)35/h4-12,33-35H,13-15H2,1-3,36H3/b30-27+,31-28+,32-29+. The van der Waals surface area contributed by atoms with Crippen molar-refractivity contribution >= 4 is 10.2 Å². The van der Waals surface area contributed by atoms with Crippen molar-refractivity contribution in [2.45, 2.75) is 40.4 Å². The summed E-state index contributed by atoms with van der Waals surface area (Å²) in [5.74, 6) is 0.772. The summed E-state index contributed by atoms with van der Waals surface area (Å²) in [5, 5.41) is 56.5. The van der Waals surface area contributed by atoms with E-state index in [1.54, 1.807) is 18.2 Å². The van der Waals surface area contributed by atoms with Crippen molar-refractivity contribution in [3.8, 4) is 17.2 Å². The third-order valence-corrected chi connectivity index (χ3v) is 6.21. The zero-order chi connectivity index (χ0) is 26.1. The van der Waals surface area contributed by atoms with Crippen LogP contribution in [-0.2, 0) is 19.6 Å². The molecule has 0 bridgehead atoms. The van der Waals surface area contributed by atoms with Crippen LogP contribution in [0.4, 0.5) is 0 Å². The largest absolute Gasteiger partial charge is 0.507 e. The van der Waals surface area contributed by atoms with Gasteiger partial charge < -0.3 is 15.3 Å². The highest BCUT2D eigenvalue weighted by Crippen LogP contribution is 2.25. The number of hydrogen-bond donors (Lipinski definition) is 3. The van der Waals surface area contributed by atoms with Gasteiger partial charge in [0.05, 0.1) is 35.2 Å². The number of aryl methyl sites for hydroxylation is 3. The summed E-state index contributed by atoms with van der Waals surface area (Å²) in [6.45, 7) is 5.99. The molecule has 0 aliphatic rings. The van der Waals surface area contributed by atoms with Gasteiger partial charge in [-0.2, -0.15) is 20.5 Å². The van der Waals surface area contributed by atoms with Gasteiger partial charge in [0.15, 0.2) is 0 Å². The van der Waals surface area contributed by atoms with Crippen LogP contribution in [0.5, 0.6) is 17.2 Å². The van der Waals surface area contributed by atoms with Crippen LogP contribution >= 0.6 is 0 Å². The van der Waals surface area contributed by atoms with Crippen molar-refractivity contribution in [2.75, 3.05) is 0 Å². The van der Waals surface area contributed by atoms with E-state index in [2.05, 4.69) is 30.7 Å². The normalized spacial score (nSPS) is 11.8. The van der Waals surface area contributed by atoms with E-state index in [4.69, 9.17) is 0 Å². The molecule has 10 heteroatoms. The number of para-hydroxylation sites is 3. The van der Waals surface area contributed by atoms with Gasteiger partial charge in [-0.3, -0.25) is 0 Å². The van der Waals surface area contributed by atoms with Gasteiger partial charge in [-0.1, -0.05) is 54.6 Å². The van der Waals surface area contributed by atoms with Crippen LogP contribution < -0.4 is 0 Å². The summed E-state index contributed by atoms with van der Waals surface area (Å²) in [7, 11) is 0.464. The molecular weight excluding hydrogens is 472 g/mol. The first kappa shape index (κ1) is 26.4. The van der Waals surface area contributed by atoms with Crippen molar-refractivity contribution in [3.05, 3.63) is 99.1 Å². The van der Waals surface area contributed by atoms with Crippen molar-refractivity contribution in [3.63, 3.8) is 0 Å². The summed E-state index contributed by atoms with van der Waals surface area (Å²) >= 11 is 0. The number of hydrogen-bond acceptors (Lipinski definition) is 9. The summed E-state index contributed by atoms with van der Waals surface area (Å²) in [4.78, 5) is 0. The molecule has 0 unspecified atom stereocenters.